The molecule has 0 N–H and O–H groups in total. The van der Waals surface area contributed by atoms with E-state index in [9.17, 15) is 4.79 Å². The fourth-order valence-electron chi connectivity index (χ4n) is 2.17. The molecule has 1 aromatic heterocycles. The quantitative estimate of drug-likeness (QED) is 0.571. The van der Waals surface area contributed by atoms with Crippen LogP contribution in [0.25, 0.3) is 22.2 Å². The van der Waals surface area contributed by atoms with Gasteiger partial charge in [-0.3, -0.25) is 4.79 Å². The number of hydrogen-bond acceptors (Lipinski definition) is 2. The molecule has 0 saturated carbocycles. The Bertz CT molecular complexity index is 861. The average Bonchev–Trinajstić information content (AvgIpc) is 2.46. The summed E-state index contributed by atoms with van der Waals surface area (Å²) in [6, 6.07) is 14.1. The molecule has 0 saturated heterocycles. The van der Waals surface area contributed by atoms with Crippen LogP contribution in [0.2, 0.25) is 10.0 Å². The Morgan fingerprint density at radius 2 is 1.76 bits per heavy atom. The number of nitrogens with zero attached hydrogens (tertiary/aromatic N) is 1. The van der Waals surface area contributed by atoms with Crippen LogP contribution in [-0.2, 0) is 0 Å². The van der Waals surface area contributed by atoms with Gasteiger partial charge in [0.05, 0.1) is 16.2 Å². The van der Waals surface area contributed by atoms with Crippen molar-refractivity contribution in [3.05, 3.63) is 64.1 Å². The second-order valence-corrected chi connectivity index (χ2v) is 5.66. The minimum absolute atomic E-state index is 0.374. The van der Waals surface area contributed by atoms with Gasteiger partial charge >= 0.3 is 0 Å². The number of halogens is 3. The third kappa shape index (κ3) is 2.75. The third-order valence-corrected chi connectivity index (χ3v) is 3.87. The van der Waals surface area contributed by atoms with Gasteiger partial charge in [0.1, 0.15) is 0 Å². The number of para-hydroxylation sites is 1. The molecule has 0 spiro atoms. The summed E-state index contributed by atoms with van der Waals surface area (Å²) in [6.45, 7) is 0. The van der Waals surface area contributed by atoms with Gasteiger partial charge in [-0.15, -0.1) is 0 Å². The largest absolute Gasteiger partial charge is 0.276 e. The monoisotopic (exact) mass is 335 g/mol. The van der Waals surface area contributed by atoms with Crippen molar-refractivity contribution in [3.63, 3.8) is 0 Å². The number of rotatable bonds is 2. The van der Waals surface area contributed by atoms with Crippen LogP contribution in [-0.4, -0.2) is 10.2 Å². The Labute approximate surface area is 136 Å². The summed E-state index contributed by atoms with van der Waals surface area (Å²) in [5, 5.41) is 1.14. The zero-order valence-corrected chi connectivity index (χ0v) is 12.9. The summed E-state index contributed by atoms with van der Waals surface area (Å²) in [7, 11) is 0. The third-order valence-electron chi connectivity index (χ3n) is 3.12. The smallest absolute Gasteiger partial charge is 0.253 e. The van der Waals surface area contributed by atoms with E-state index in [0.717, 1.165) is 5.56 Å². The highest BCUT2D eigenvalue weighted by Gasteiger charge is 2.14. The van der Waals surface area contributed by atoms with Gasteiger partial charge in [-0.25, -0.2) is 4.98 Å². The first-order chi connectivity index (χ1) is 10.1. The first-order valence-electron chi connectivity index (χ1n) is 6.11. The summed E-state index contributed by atoms with van der Waals surface area (Å²) in [5.41, 5.74) is 2.31. The van der Waals surface area contributed by atoms with Crippen molar-refractivity contribution in [2.75, 3.05) is 0 Å². The van der Waals surface area contributed by atoms with E-state index in [0.29, 0.717) is 32.2 Å². The van der Waals surface area contributed by atoms with Gasteiger partial charge in [0.15, 0.2) is 0 Å². The first kappa shape index (κ1) is 14.3. The molecule has 2 aromatic carbocycles. The minimum atomic E-state index is -0.548. The SMILES string of the molecule is O=C(Cl)c1cc(-c2cccc(Cl)c2)nc2c(Cl)cccc12. The molecule has 21 heavy (non-hydrogen) atoms. The molecule has 104 valence electrons. The highest BCUT2D eigenvalue weighted by molar-refractivity contribution is 6.68. The van der Waals surface area contributed by atoms with E-state index in [1.165, 1.54) is 0 Å². The van der Waals surface area contributed by atoms with E-state index in [1.54, 1.807) is 36.4 Å². The zero-order valence-electron chi connectivity index (χ0n) is 10.6. The predicted octanol–water partition coefficient (Wildman–Crippen LogP) is 5.59. The molecule has 0 atom stereocenters. The fraction of sp³-hybridized carbons (Fsp3) is 0. The normalized spacial score (nSPS) is 10.8. The van der Waals surface area contributed by atoms with Crippen molar-refractivity contribution in [1.29, 1.82) is 0 Å². The molecule has 5 heteroatoms. The van der Waals surface area contributed by atoms with E-state index in [-0.39, 0.29) is 0 Å². The van der Waals surface area contributed by atoms with E-state index < -0.39 is 5.24 Å². The fourth-order valence-corrected chi connectivity index (χ4v) is 2.74. The van der Waals surface area contributed by atoms with Gasteiger partial charge in [0, 0.05) is 21.5 Å². The molecule has 0 fully saturated rings. The van der Waals surface area contributed by atoms with Crippen molar-refractivity contribution in [2.45, 2.75) is 0 Å². The number of benzene rings is 2. The van der Waals surface area contributed by atoms with Gasteiger partial charge in [-0.2, -0.15) is 0 Å². The molecule has 0 aliphatic heterocycles. The molecule has 0 bridgehead atoms. The molecule has 2 nitrogen and oxygen atoms in total. The topological polar surface area (TPSA) is 30.0 Å². The van der Waals surface area contributed by atoms with Gasteiger partial charge in [-0.1, -0.05) is 47.5 Å². The Kier molecular flexibility index (Phi) is 3.85. The van der Waals surface area contributed by atoms with Crippen LogP contribution in [0.3, 0.4) is 0 Å². The number of aromatic nitrogens is 1. The molecule has 3 aromatic rings. The molecular formula is C16H8Cl3NO. The number of fused-ring (bicyclic) bond motifs is 1. The van der Waals surface area contributed by atoms with E-state index in [4.69, 9.17) is 34.8 Å². The Morgan fingerprint density at radius 3 is 2.48 bits per heavy atom. The lowest BCUT2D eigenvalue weighted by Gasteiger charge is -2.08. The zero-order chi connectivity index (χ0) is 15.0. The summed E-state index contributed by atoms with van der Waals surface area (Å²) in [6.07, 6.45) is 0. The second-order valence-electron chi connectivity index (χ2n) is 4.48. The molecule has 1 heterocycles. The van der Waals surface area contributed by atoms with Crippen molar-refractivity contribution in [2.24, 2.45) is 0 Å². The number of pyridine rings is 1. The average molecular weight is 337 g/mol. The number of carbonyl (C=O) groups excluding carboxylic acids is 1. The molecule has 3 rings (SSSR count). The van der Waals surface area contributed by atoms with Crippen LogP contribution >= 0.6 is 34.8 Å². The van der Waals surface area contributed by atoms with Crippen LogP contribution in [0.4, 0.5) is 0 Å². The van der Waals surface area contributed by atoms with Gasteiger partial charge in [0.25, 0.3) is 5.24 Å². The lowest BCUT2D eigenvalue weighted by atomic mass is 10.0. The van der Waals surface area contributed by atoms with Crippen molar-refractivity contribution in [1.82, 2.24) is 4.98 Å². The standard InChI is InChI=1S/C16H8Cl3NO/c17-10-4-1-3-9(7-10)14-8-12(16(19)21)11-5-2-6-13(18)15(11)20-14/h1-8H. The summed E-state index contributed by atoms with van der Waals surface area (Å²) in [4.78, 5) is 16.2. The van der Waals surface area contributed by atoms with Crippen LogP contribution in [0.5, 0.6) is 0 Å². The Morgan fingerprint density at radius 1 is 1.00 bits per heavy atom. The van der Waals surface area contributed by atoms with Crippen LogP contribution in [0.15, 0.2) is 48.5 Å². The van der Waals surface area contributed by atoms with E-state index >= 15 is 0 Å². The maximum atomic E-state index is 11.7. The van der Waals surface area contributed by atoms with Crippen molar-refractivity contribution in [3.8, 4) is 11.3 Å². The predicted molar refractivity (Wildman–Crippen MR) is 87.4 cm³/mol. The molecule has 0 aliphatic carbocycles. The van der Waals surface area contributed by atoms with Gasteiger partial charge < -0.3 is 0 Å². The summed E-state index contributed by atoms with van der Waals surface area (Å²) >= 11 is 17.9. The lowest BCUT2D eigenvalue weighted by Crippen LogP contribution is -1.96. The van der Waals surface area contributed by atoms with E-state index in [2.05, 4.69) is 4.98 Å². The highest BCUT2D eigenvalue weighted by Crippen LogP contribution is 2.30. The summed E-state index contributed by atoms with van der Waals surface area (Å²) in [5.74, 6) is 0. The molecule has 0 amide bonds. The van der Waals surface area contributed by atoms with Crippen molar-refractivity contribution < 1.29 is 4.79 Å². The molecule has 0 radical (unpaired) electrons. The maximum absolute atomic E-state index is 11.7. The number of hydrogen-bond donors (Lipinski definition) is 0. The first-order valence-corrected chi connectivity index (χ1v) is 7.24. The maximum Gasteiger partial charge on any atom is 0.253 e. The minimum Gasteiger partial charge on any atom is -0.276 e. The van der Waals surface area contributed by atoms with Gasteiger partial charge in [0.2, 0.25) is 0 Å². The van der Waals surface area contributed by atoms with Crippen LogP contribution < -0.4 is 0 Å². The van der Waals surface area contributed by atoms with Gasteiger partial charge in [-0.05, 0) is 35.9 Å². The van der Waals surface area contributed by atoms with Crippen molar-refractivity contribution >= 4 is 50.9 Å². The molecule has 0 aliphatic rings. The van der Waals surface area contributed by atoms with E-state index in [1.807, 2.05) is 12.1 Å². The lowest BCUT2D eigenvalue weighted by molar-refractivity contribution is 0.108. The Hall–Kier alpha value is -1.61. The number of carbonyl (C=O) groups is 1. The van der Waals surface area contributed by atoms with Crippen LogP contribution in [0, 0.1) is 0 Å². The second kappa shape index (κ2) is 5.64. The highest BCUT2D eigenvalue weighted by atomic mass is 35.5. The summed E-state index contributed by atoms with van der Waals surface area (Å²) < 4.78 is 0. The van der Waals surface area contributed by atoms with Crippen LogP contribution in [0.1, 0.15) is 10.4 Å². The Balaban J connectivity index is 2.35. The molecule has 0 unspecified atom stereocenters. The molecular weight excluding hydrogens is 329 g/mol.